The molecule has 4 rings (SSSR count). The van der Waals surface area contributed by atoms with Gasteiger partial charge in [0.1, 0.15) is 0 Å². The molecule has 2 aromatic carbocycles. The van der Waals surface area contributed by atoms with Crippen LogP contribution in [-0.2, 0) is 32.6 Å². The average Bonchev–Trinajstić information content (AvgIpc) is 3.54. The summed E-state index contributed by atoms with van der Waals surface area (Å²) < 4.78 is 29.5. The molecule has 7 N–H and O–H groups in total. The minimum atomic E-state index is -1.59. The second-order valence-corrected chi connectivity index (χ2v) is 29.4. The van der Waals surface area contributed by atoms with Crippen LogP contribution in [0.3, 0.4) is 0 Å². The zero-order valence-electron chi connectivity index (χ0n) is 59.5. The molecule has 0 saturated heterocycles. The second-order valence-electron chi connectivity index (χ2n) is 20.5. The molecule has 2 fully saturated rings. The van der Waals surface area contributed by atoms with Gasteiger partial charge in [0.15, 0.2) is 8.32 Å². The number of para-hydroxylation sites is 1. The lowest BCUT2D eigenvalue weighted by atomic mass is 9.88. The van der Waals surface area contributed by atoms with Crippen molar-refractivity contribution in [3.63, 3.8) is 0 Å². The van der Waals surface area contributed by atoms with E-state index in [4.69, 9.17) is 28.5 Å². The van der Waals surface area contributed by atoms with Gasteiger partial charge in [-0.2, -0.15) is 0 Å². The molecule has 0 amide bonds. The molecule has 0 aliphatic heterocycles. The number of aliphatic hydroxyl groups excluding tert-OH is 5. The summed E-state index contributed by atoms with van der Waals surface area (Å²) in [5.74, 6) is 0.670. The maximum atomic E-state index is 10.8. The molecule has 15 nitrogen and oxygen atoms in total. The maximum Gasteiger partial charge on any atom is 0.337 e. The minimum absolute atomic E-state index is 0.00347. The zero-order valence-corrected chi connectivity index (χ0v) is 61.5. The number of methoxy groups -OCH3 is 2. The Bertz CT molecular complexity index is 1450. The number of esters is 2. The fourth-order valence-electron chi connectivity index (χ4n) is 5.46. The second kappa shape index (κ2) is 78.2. The number of hydrogen-bond donors (Lipinski definition) is 7. The van der Waals surface area contributed by atoms with Gasteiger partial charge in [0, 0.05) is 40.0 Å². The summed E-state index contributed by atoms with van der Waals surface area (Å²) in [5, 5.41) is 51.0. The third-order valence-electron chi connectivity index (χ3n) is 12.4. The first-order chi connectivity index (χ1) is 39.8. The summed E-state index contributed by atoms with van der Waals surface area (Å²) in [6, 6.07) is 20.2. The van der Waals surface area contributed by atoms with Crippen LogP contribution >= 0.6 is 0 Å². The number of rotatable bonds is 18. The number of ether oxygens (including phenoxy) is 4. The molecule has 0 bridgehead atoms. The van der Waals surface area contributed by atoms with Crippen molar-refractivity contribution in [2.45, 2.75) is 263 Å². The van der Waals surface area contributed by atoms with E-state index >= 15 is 0 Å². The van der Waals surface area contributed by atoms with E-state index in [1.807, 2.05) is 113 Å². The van der Waals surface area contributed by atoms with E-state index in [0.717, 1.165) is 50.8 Å². The van der Waals surface area contributed by atoms with Gasteiger partial charge in [0.25, 0.3) is 0 Å². The van der Waals surface area contributed by atoms with Crippen molar-refractivity contribution in [1.82, 2.24) is 5.32 Å². The van der Waals surface area contributed by atoms with Crippen LogP contribution in [0, 0.1) is 11.8 Å². The van der Waals surface area contributed by atoms with Crippen LogP contribution in [0.1, 0.15) is 211 Å². The zero-order chi connectivity index (χ0) is 67.2. The van der Waals surface area contributed by atoms with E-state index in [1.54, 1.807) is 45.4 Å². The Balaban J connectivity index is -0.000000106. The lowest BCUT2D eigenvalue weighted by Gasteiger charge is -2.23. The number of carbonyl (C=O) groups excluding carboxylic acids is 2. The monoisotopic (exact) mass is 1240 g/mol. The molecule has 6 atom stereocenters. The molecule has 506 valence electrons. The van der Waals surface area contributed by atoms with E-state index < -0.39 is 16.6 Å². The Labute approximate surface area is 522 Å². The third kappa shape index (κ3) is 83.4. The van der Waals surface area contributed by atoms with Gasteiger partial charge in [-0.3, -0.25) is 4.79 Å². The highest BCUT2D eigenvalue weighted by Gasteiger charge is 2.21. The van der Waals surface area contributed by atoms with E-state index in [0.29, 0.717) is 49.9 Å². The SMILES string of the molecule is CC.CC.CC1CCCCC1O.CC1CCCCC1O.CCC.CCC(=O)OC.CCC(O)CC.CCC(O)COC[Si](C)(C)OC.CCNC.CCOCC(O)CC.CC[Si](C)(C)OC.CNc1ccccc1.COC(=O)c1ccccc1. The van der Waals surface area contributed by atoms with Gasteiger partial charge >= 0.3 is 11.9 Å². The van der Waals surface area contributed by atoms with Crippen LogP contribution in [0.15, 0.2) is 60.7 Å². The van der Waals surface area contributed by atoms with Crippen LogP contribution in [0.2, 0.25) is 32.2 Å². The van der Waals surface area contributed by atoms with Crippen LogP contribution in [0.5, 0.6) is 0 Å². The van der Waals surface area contributed by atoms with Gasteiger partial charge in [0.2, 0.25) is 8.32 Å². The quantitative estimate of drug-likeness (QED) is 0.0546. The van der Waals surface area contributed by atoms with Crippen LogP contribution in [0.25, 0.3) is 0 Å². The summed E-state index contributed by atoms with van der Waals surface area (Å²) in [4.78, 5) is 20.7. The highest BCUT2D eigenvalue weighted by atomic mass is 28.4. The van der Waals surface area contributed by atoms with E-state index in [-0.39, 0.29) is 42.5 Å². The number of carbonyl (C=O) groups is 2. The first-order valence-electron chi connectivity index (χ1n) is 32.0. The highest BCUT2D eigenvalue weighted by Crippen LogP contribution is 2.24. The molecule has 0 heterocycles. The molecule has 0 aromatic heterocycles. The maximum absolute atomic E-state index is 10.8. The van der Waals surface area contributed by atoms with Gasteiger partial charge in [-0.05, 0) is 140 Å². The third-order valence-corrected chi connectivity index (χ3v) is 17.2. The van der Waals surface area contributed by atoms with E-state index in [1.165, 1.54) is 65.2 Å². The summed E-state index contributed by atoms with van der Waals surface area (Å²) >= 11 is 0. The van der Waals surface area contributed by atoms with Crippen molar-refractivity contribution >= 4 is 34.3 Å². The normalized spacial score (nSPS) is 15.9. The first kappa shape index (κ1) is 100. The minimum Gasteiger partial charge on any atom is -0.469 e. The van der Waals surface area contributed by atoms with Crippen LogP contribution < -0.4 is 10.6 Å². The molecule has 2 aromatic rings. The summed E-state index contributed by atoms with van der Waals surface area (Å²) in [7, 11) is 7.37. The fourth-order valence-corrected chi connectivity index (χ4v) is 6.47. The number of nitrogens with one attached hydrogen (secondary N) is 2. The van der Waals surface area contributed by atoms with Crippen LogP contribution in [-0.4, -0.2) is 160 Å². The Morgan fingerprint density at radius 1 is 0.560 bits per heavy atom. The molecular formula is C67H142N2O13Si2. The standard InChI is InChI=1S/C8H20O3Si.C8H8O2.C7H9N.2C7H14O.C6H14O2.C5H14OSi.C5H12O.C4H8O2.C3H9N.C3H8.2C2H6/c1-5-8(9)6-11-7-12(3,4)10-2;1-10-8(9)7-5-3-2-4-6-7;1-8-7-5-3-2-4-6-7;2*1-6-4-2-3-5-7(6)8;1-3-6(7)5-8-4-2;1-5-7(3,4)6-2;1-3-5(6)4-2;1-3-4(5)6-2;1-3-4-2;1-3-2;2*1-2/h8-9H,5-7H2,1-4H3;2-6H,1H3;2-6,8H,1H3;2*6-8H,2-5H2,1H3;6-7H,3-5H2,1-2H3;5H2,1-4H3;5-6H,3-4H2,1-2H3;3H2,1-2H3;4H,3H2,1-2H3;3H2,1-2H3;2*1-2H3. The molecule has 17 heteroatoms. The topological polar surface area (TPSA) is 215 Å². The molecule has 2 saturated carbocycles. The smallest absolute Gasteiger partial charge is 0.337 e. The predicted octanol–water partition coefficient (Wildman–Crippen LogP) is 15.6. The fraction of sp³-hybridized carbons (Fsp3) is 0.791. The molecule has 2 aliphatic rings. The number of anilines is 1. The van der Waals surface area contributed by atoms with Crippen molar-refractivity contribution in [1.29, 1.82) is 0 Å². The Morgan fingerprint density at radius 2 is 0.917 bits per heavy atom. The number of benzene rings is 2. The number of hydrogen-bond acceptors (Lipinski definition) is 15. The molecule has 6 unspecified atom stereocenters. The Hall–Kier alpha value is -2.79. The largest absolute Gasteiger partial charge is 0.469 e. The Kier molecular flexibility index (Phi) is 93.3. The van der Waals surface area contributed by atoms with E-state index in [9.17, 15) is 24.9 Å². The summed E-state index contributed by atoms with van der Waals surface area (Å²) in [6.45, 7) is 43.5. The van der Waals surface area contributed by atoms with Gasteiger partial charge < -0.3 is 64.0 Å². The molecule has 84 heavy (non-hydrogen) atoms. The first-order valence-corrected chi connectivity index (χ1v) is 38.2. The molecule has 0 spiro atoms. The molecule has 0 radical (unpaired) electrons. The van der Waals surface area contributed by atoms with Gasteiger partial charge in [0.05, 0.1) is 69.7 Å². The molecule has 2 aliphatic carbocycles. The number of aliphatic hydroxyl groups is 5. The molecular weight excluding hydrogens is 1100 g/mol. The lowest BCUT2D eigenvalue weighted by molar-refractivity contribution is -0.140. The Morgan fingerprint density at radius 3 is 1.12 bits per heavy atom. The van der Waals surface area contributed by atoms with Crippen molar-refractivity contribution in [2.75, 3.05) is 80.4 Å². The van der Waals surface area contributed by atoms with E-state index in [2.05, 4.69) is 87.8 Å². The van der Waals surface area contributed by atoms with Crippen molar-refractivity contribution in [3.8, 4) is 0 Å². The summed E-state index contributed by atoms with van der Waals surface area (Å²) in [6.07, 6.45) is 14.6. The van der Waals surface area contributed by atoms with Gasteiger partial charge in [-0.1, -0.05) is 172 Å². The van der Waals surface area contributed by atoms with Gasteiger partial charge in [-0.15, -0.1) is 0 Å². The lowest BCUT2D eigenvalue weighted by Crippen LogP contribution is -2.36. The van der Waals surface area contributed by atoms with Gasteiger partial charge in [-0.25, -0.2) is 4.79 Å². The summed E-state index contributed by atoms with van der Waals surface area (Å²) in [5.41, 5.74) is 1.75. The van der Waals surface area contributed by atoms with Crippen molar-refractivity contribution in [3.05, 3.63) is 66.2 Å². The predicted molar refractivity (Wildman–Crippen MR) is 368 cm³/mol. The van der Waals surface area contributed by atoms with Crippen molar-refractivity contribution < 1.29 is 62.9 Å². The highest BCUT2D eigenvalue weighted by molar-refractivity contribution is 6.71. The average molecular weight is 1240 g/mol. The van der Waals surface area contributed by atoms with Crippen LogP contribution in [0.4, 0.5) is 5.69 Å². The van der Waals surface area contributed by atoms with Crippen molar-refractivity contribution in [2.24, 2.45) is 11.8 Å².